The maximum Gasteiger partial charge on any atom is 0.337 e. The number of esters is 1. The van der Waals surface area contributed by atoms with Crippen LogP contribution in [0.3, 0.4) is 0 Å². The Morgan fingerprint density at radius 1 is 1.50 bits per heavy atom. The first kappa shape index (κ1) is 10.8. The van der Waals surface area contributed by atoms with E-state index < -0.39 is 0 Å². The SMILES string of the molecule is COC(=O)c1ccc2c(c1)NCCCN2C. The van der Waals surface area contributed by atoms with E-state index in [1.54, 1.807) is 6.07 Å². The lowest BCUT2D eigenvalue weighted by Gasteiger charge is -2.18. The summed E-state index contributed by atoms with van der Waals surface area (Å²) in [5, 5.41) is 3.33. The van der Waals surface area contributed by atoms with E-state index in [0.717, 1.165) is 30.9 Å². The fraction of sp³-hybridized carbons (Fsp3) is 0.417. The molecule has 4 heteroatoms. The number of benzene rings is 1. The van der Waals surface area contributed by atoms with Gasteiger partial charge in [-0.25, -0.2) is 4.79 Å². The summed E-state index contributed by atoms with van der Waals surface area (Å²) in [6.45, 7) is 1.96. The number of anilines is 2. The summed E-state index contributed by atoms with van der Waals surface area (Å²) in [5.74, 6) is -0.295. The van der Waals surface area contributed by atoms with Gasteiger partial charge in [0.05, 0.1) is 24.0 Å². The highest BCUT2D eigenvalue weighted by molar-refractivity contribution is 5.92. The minimum atomic E-state index is -0.295. The highest BCUT2D eigenvalue weighted by Crippen LogP contribution is 2.28. The fourth-order valence-electron chi connectivity index (χ4n) is 1.92. The van der Waals surface area contributed by atoms with Crippen molar-refractivity contribution < 1.29 is 9.53 Å². The van der Waals surface area contributed by atoms with Gasteiger partial charge in [-0.3, -0.25) is 0 Å². The van der Waals surface area contributed by atoms with Gasteiger partial charge >= 0.3 is 5.97 Å². The van der Waals surface area contributed by atoms with E-state index >= 15 is 0 Å². The van der Waals surface area contributed by atoms with Gasteiger partial charge < -0.3 is 15.0 Å². The largest absolute Gasteiger partial charge is 0.465 e. The third-order valence-electron chi connectivity index (χ3n) is 2.81. The van der Waals surface area contributed by atoms with Gasteiger partial charge in [0.2, 0.25) is 0 Å². The lowest BCUT2D eigenvalue weighted by atomic mass is 10.1. The number of hydrogen-bond donors (Lipinski definition) is 1. The van der Waals surface area contributed by atoms with E-state index in [2.05, 4.69) is 17.3 Å². The van der Waals surface area contributed by atoms with Crippen molar-refractivity contribution in [1.29, 1.82) is 0 Å². The fourth-order valence-corrected chi connectivity index (χ4v) is 1.92. The molecule has 4 nitrogen and oxygen atoms in total. The highest BCUT2D eigenvalue weighted by Gasteiger charge is 2.14. The van der Waals surface area contributed by atoms with Crippen molar-refractivity contribution in [3.63, 3.8) is 0 Å². The summed E-state index contributed by atoms with van der Waals surface area (Å²) in [6.07, 6.45) is 1.10. The Morgan fingerprint density at radius 3 is 3.06 bits per heavy atom. The van der Waals surface area contributed by atoms with E-state index in [0.29, 0.717) is 5.56 Å². The summed E-state index contributed by atoms with van der Waals surface area (Å²) < 4.78 is 4.71. The third kappa shape index (κ3) is 1.96. The summed E-state index contributed by atoms with van der Waals surface area (Å²) in [4.78, 5) is 13.6. The normalized spacial score (nSPS) is 14.8. The van der Waals surface area contributed by atoms with Crippen molar-refractivity contribution in [3.05, 3.63) is 23.8 Å². The lowest BCUT2D eigenvalue weighted by Crippen LogP contribution is -2.17. The number of hydrogen-bond acceptors (Lipinski definition) is 4. The van der Waals surface area contributed by atoms with Crippen molar-refractivity contribution in [2.45, 2.75) is 6.42 Å². The second-order valence-corrected chi connectivity index (χ2v) is 3.93. The molecule has 1 aliphatic heterocycles. The van der Waals surface area contributed by atoms with Crippen LogP contribution in [0.4, 0.5) is 11.4 Å². The monoisotopic (exact) mass is 220 g/mol. The summed E-state index contributed by atoms with van der Waals surface area (Å²) in [7, 11) is 3.46. The molecule has 86 valence electrons. The second-order valence-electron chi connectivity index (χ2n) is 3.93. The molecule has 2 rings (SSSR count). The standard InChI is InChI=1S/C12H16N2O2/c1-14-7-3-6-13-10-8-9(12(15)16-2)4-5-11(10)14/h4-5,8,13H,3,6-7H2,1-2H3. The Morgan fingerprint density at radius 2 is 2.31 bits per heavy atom. The van der Waals surface area contributed by atoms with Crippen LogP contribution >= 0.6 is 0 Å². The molecule has 1 aromatic rings. The molecule has 0 fully saturated rings. The molecule has 0 radical (unpaired) electrons. The van der Waals surface area contributed by atoms with Crippen LogP contribution in [-0.2, 0) is 4.74 Å². The van der Waals surface area contributed by atoms with Crippen molar-refractivity contribution in [1.82, 2.24) is 0 Å². The minimum Gasteiger partial charge on any atom is -0.465 e. The van der Waals surface area contributed by atoms with E-state index in [1.165, 1.54) is 7.11 Å². The maximum atomic E-state index is 11.4. The van der Waals surface area contributed by atoms with E-state index in [9.17, 15) is 4.79 Å². The van der Waals surface area contributed by atoms with Crippen molar-refractivity contribution in [3.8, 4) is 0 Å². The molecule has 1 N–H and O–H groups in total. The summed E-state index contributed by atoms with van der Waals surface area (Å²) in [5.41, 5.74) is 2.72. The molecule has 0 spiro atoms. The van der Waals surface area contributed by atoms with Gasteiger partial charge in [-0.05, 0) is 24.6 Å². The molecule has 1 heterocycles. The van der Waals surface area contributed by atoms with E-state index in [-0.39, 0.29) is 5.97 Å². The van der Waals surface area contributed by atoms with Crippen LogP contribution in [-0.4, -0.2) is 33.2 Å². The zero-order valence-electron chi connectivity index (χ0n) is 9.62. The van der Waals surface area contributed by atoms with Crippen LogP contribution in [0.15, 0.2) is 18.2 Å². The first-order valence-corrected chi connectivity index (χ1v) is 5.40. The highest BCUT2D eigenvalue weighted by atomic mass is 16.5. The minimum absolute atomic E-state index is 0.295. The molecule has 0 atom stereocenters. The number of ether oxygens (including phenoxy) is 1. The summed E-state index contributed by atoms with van der Waals surface area (Å²) in [6, 6.07) is 5.61. The molecular weight excluding hydrogens is 204 g/mol. The molecule has 1 aromatic carbocycles. The van der Waals surface area contributed by atoms with Gasteiger partial charge in [-0.15, -0.1) is 0 Å². The van der Waals surface area contributed by atoms with Gasteiger partial charge in [-0.2, -0.15) is 0 Å². The van der Waals surface area contributed by atoms with Gasteiger partial charge in [-0.1, -0.05) is 0 Å². The Balaban J connectivity index is 2.37. The van der Waals surface area contributed by atoms with E-state index in [1.807, 2.05) is 12.1 Å². The maximum absolute atomic E-state index is 11.4. The van der Waals surface area contributed by atoms with Crippen LogP contribution in [0.25, 0.3) is 0 Å². The zero-order chi connectivity index (χ0) is 11.5. The van der Waals surface area contributed by atoms with E-state index in [4.69, 9.17) is 4.74 Å². The molecule has 0 aliphatic carbocycles. The number of fused-ring (bicyclic) bond motifs is 1. The Kier molecular flexibility index (Phi) is 2.99. The van der Waals surface area contributed by atoms with Crippen LogP contribution in [0, 0.1) is 0 Å². The van der Waals surface area contributed by atoms with Crippen molar-refractivity contribution >= 4 is 17.3 Å². The number of nitrogens with one attached hydrogen (secondary N) is 1. The molecule has 0 saturated heterocycles. The number of methoxy groups -OCH3 is 1. The second kappa shape index (κ2) is 4.43. The molecule has 1 aliphatic rings. The average Bonchev–Trinajstić information content (AvgIpc) is 2.50. The van der Waals surface area contributed by atoms with Crippen LogP contribution in [0.2, 0.25) is 0 Å². The quantitative estimate of drug-likeness (QED) is 0.732. The van der Waals surface area contributed by atoms with Crippen LogP contribution in [0.1, 0.15) is 16.8 Å². The lowest BCUT2D eigenvalue weighted by molar-refractivity contribution is 0.0601. The third-order valence-corrected chi connectivity index (χ3v) is 2.81. The predicted octanol–water partition coefficient (Wildman–Crippen LogP) is 1.72. The Labute approximate surface area is 95.2 Å². The topological polar surface area (TPSA) is 41.6 Å². The molecule has 0 aromatic heterocycles. The molecule has 0 amide bonds. The number of carbonyl (C=O) groups excluding carboxylic acids is 1. The average molecular weight is 220 g/mol. The number of nitrogens with zero attached hydrogens (tertiary/aromatic N) is 1. The van der Waals surface area contributed by atoms with Crippen molar-refractivity contribution in [2.75, 3.05) is 37.5 Å². The molecule has 16 heavy (non-hydrogen) atoms. The van der Waals surface area contributed by atoms with Crippen LogP contribution < -0.4 is 10.2 Å². The Bertz CT molecular complexity index is 404. The zero-order valence-corrected chi connectivity index (χ0v) is 9.62. The number of carbonyl (C=O) groups is 1. The first-order valence-electron chi connectivity index (χ1n) is 5.40. The van der Waals surface area contributed by atoms with Gasteiger partial charge in [0.1, 0.15) is 0 Å². The van der Waals surface area contributed by atoms with Crippen molar-refractivity contribution in [2.24, 2.45) is 0 Å². The summed E-state index contributed by atoms with van der Waals surface area (Å²) >= 11 is 0. The van der Waals surface area contributed by atoms with Gasteiger partial charge in [0, 0.05) is 20.1 Å². The predicted molar refractivity (Wildman–Crippen MR) is 64.2 cm³/mol. The molecular formula is C12H16N2O2. The molecule has 0 bridgehead atoms. The first-order chi connectivity index (χ1) is 7.72. The molecule has 0 unspecified atom stereocenters. The van der Waals surface area contributed by atoms with Gasteiger partial charge in [0.15, 0.2) is 0 Å². The van der Waals surface area contributed by atoms with Gasteiger partial charge in [0.25, 0.3) is 0 Å². The Hall–Kier alpha value is -1.71. The molecule has 0 saturated carbocycles. The smallest absolute Gasteiger partial charge is 0.337 e. The van der Waals surface area contributed by atoms with Crippen LogP contribution in [0.5, 0.6) is 0 Å². The number of rotatable bonds is 1.